The minimum Gasteiger partial charge on any atom is -0.497 e. The number of carbonyl (C=O) groups is 1. The Morgan fingerprint density at radius 2 is 2.07 bits per heavy atom. The van der Waals surface area contributed by atoms with Gasteiger partial charge < -0.3 is 10.1 Å². The van der Waals surface area contributed by atoms with Gasteiger partial charge in [-0.05, 0) is 30.3 Å². The number of amides is 1. The molecule has 27 heavy (non-hydrogen) atoms. The fourth-order valence-electron chi connectivity index (χ4n) is 2.46. The summed E-state index contributed by atoms with van der Waals surface area (Å²) < 4.78 is 5.13. The highest BCUT2D eigenvalue weighted by molar-refractivity contribution is 6.30. The molecule has 1 heterocycles. The summed E-state index contributed by atoms with van der Waals surface area (Å²) >= 11 is 5.92. The number of aromatic amines is 1. The van der Waals surface area contributed by atoms with E-state index in [1.54, 1.807) is 49.7 Å². The number of aromatic nitrogens is 2. The molecule has 2 aromatic carbocycles. The maximum absolute atomic E-state index is 12.5. The minimum absolute atomic E-state index is 0.0468. The van der Waals surface area contributed by atoms with Gasteiger partial charge in [-0.15, -0.1) is 0 Å². The molecule has 2 N–H and O–H groups in total. The molecule has 0 bridgehead atoms. The van der Waals surface area contributed by atoms with Crippen LogP contribution in [0.1, 0.15) is 5.56 Å². The van der Waals surface area contributed by atoms with Crippen LogP contribution in [0.15, 0.2) is 60.3 Å². The lowest BCUT2D eigenvalue weighted by atomic mass is 10.1. The Hall–Kier alpha value is -3.56. The number of halogens is 1. The Bertz CT molecular complexity index is 1030. The molecule has 3 rings (SSSR count). The zero-order valence-electron chi connectivity index (χ0n) is 14.4. The highest BCUT2D eigenvalue weighted by Crippen LogP contribution is 2.25. The van der Waals surface area contributed by atoms with Crippen LogP contribution in [0.5, 0.6) is 5.75 Å². The molecule has 0 fully saturated rings. The number of H-pyrrole nitrogens is 1. The summed E-state index contributed by atoms with van der Waals surface area (Å²) in [4.78, 5) is 12.5. The van der Waals surface area contributed by atoms with E-state index in [-0.39, 0.29) is 5.57 Å². The fraction of sp³-hybridized carbons (Fsp3) is 0.0500. The Morgan fingerprint density at radius 1 is 1.30 bits per heavy atom. The second-order valence-corrected chi connectivity index (χ2v) is 6.00. The molecule has 0 aliphatic carbocycles. The Labute approximate surface area is 161 Å². The molecule has 0 aliphatic heterocycles. The van der Waals surface area contributed by atoms with Crippen molar-refractivity contribution in [1.82, 2.24) is 10.2 Å². The van der Waals surface area contributed by atoms with Crippen LogP contribution in [-0.2, 0) is 4.79 Å². The number of rotatable bonds is 5. The van der Waals surface area contributed by atoms with E-state index in [0.717, 1.165) is 5.56 Å². The zero-order chi connectivity index (χ0) is 19.2. The SMILES string of the molecule is COc1cccc(NC(=O)/C(C#N)=C/c2cn[nH]c2-c2ccc(Cl)cc2)c1. The lowest BCUT2D eigenvalue weighted by Gasteiger charge is -2.06. The Balaban J connectivity index is 1.86. The summed E-state index contributed by atoms with van der Waals surface area (Å²) in [5, 5.41) is 19.6. The van der Waals surface area contributed by atoms with Crippen LogP contribution in [0.25, 0.3) is 17.3 Å². The summed E-state index contributed by atoms with van der Waals surface area (Å²) in [6.45, 7) is 0. The monoisotopic (exact) mass is 378 g/mol. The lowest BCUT2D eigenvalue weighted by molar-refractivity contribution is -0.112. The van der Waals surface area contributed by atoms with Crippen LogP contribution in [-0.4, -0.2) is 23.2 Å². The van der Waals surface area contributed by atoms with E-state index >= 15 is 0 Å². The van der Waals surface area contributed by atoms with Gasteiger partial charge in [0.25, 0.3) is 5.91 Å². The molecule has 1 amide bonds. The van der Waals surface area contributed by atoms with Gasteiger partial charge in [0.15, 0.2) is 0 Å². The molecule has 1 aromatic heterocycles. The van der Waals surface area contributed by atoms with Crippen LogP contribution in [0, 0.1) is 11.3 Å². The van der Waals surface area contributed by atoms with Gasteiger partial charge in [-0.2, -0.15) is 10.4 Å². The van der Waals surface area contributed by atoms with E-state index in [1.165, 1.54) is 6.08 Å². The topological polar surface area (TPSA) is 90.8 Å². The van der Waals surface area contributed by atoms with E-state index in [0.29, 0.717) is 27.7 Å². The summed E-state index contributed by atoms with van der Waals surface area (Å²) in [5.74, 6) is 0.0872. The van der Waals surface area contributed by atoms with Crippen molar-refractivity contribution in [1.29, 1.82) is 5.26 Å². The first-order chi connectivity index (χ1) is 13.1. The van der Waals surface area contributed by atoms with Crippen molar-refractivity contribution in [3.05, 3.63) is 70.9 Å². The number of nitrogens with one attached hydrogen (secondary N) is 2. The molecule has 134 valence electrons. The molecule has 0 radical (unpaired) electrons. The van der Waals surface area contributed by atoms with E-state index < -0.39 is 5.91 Å². The predicted molar refractivity (Wildman–Crippen MR) is 104 cm³/mol. The zero-order valence-corrected chi connectivity index (χ0v) is 15.1. The van der Waals surface area contributed by atoms with Gasteiger partial charge in [-0.1, -0.05) is 29.8 Å². The van der Waals surface area contributed by atoms with Gasteiger partial charge in [0, 0.05) is 27.9 Å². The number of hydrogen-bond donors (Lipinski definition) is 2. The average Bonchev–Trinajstić information content (AvgIpc) is 3.15. The number of ether oxygens (including phenoxy) is 1. The third-order valence-corrected chi connectivity index (χ3v) is 4.05. The highest BCUT2D eigenvalue weighted by atomic mass is 35.5. The van der Waals surface area contributed by atoms with Crippen molar-refractivity contribution >= 4 is 29.3 Å². The second-order valence-electron chi connectivity index (χ2n) is 5.56. The van der Waals surface area contributed by atoms with E-state index in [2.05, 4.69) is 15.5 Å². The molecule has 6 nitrogen and oxygen atoms in total. The first-order valence-electron chi connectivity index (χ1n) is 7.97. The highest BCUT2D eigenvalue weighted by Gasteiger charge is 2.13. The quantitative estimate of drug-likeness (QED) is 0.512. The van der Waals surface area contributed by atoms with Crippen molar-refractivity contribution in [2.24, 2.45) is 0 Å². The van der Waals surface area contributed by atoms with Crippen LogP contribution in [0.4, 0.5) is 5.69 Å². The smallest absolute Gasteiger partial charge is 0.266 e. The molecule has 0 atom stereocenters. The van der Waals surface area contributed by atoms with Crippen molar-refractivity contribution in [3.8, 4) is 23.1 Å². The van der Waals surface area contributed by atoms with Crippen molar-refractivity contribution in [2.75, 3.05) is 12.4 Å². The third kappa shape index (κ3) is 4.35. The summed E-state index contributed by atoms with van der Waals surface area (Å²) in [5.41, 5.74) is 2.64. The number of hydrogen-bond acceptors (Lipinski definition) is 4. The third-order valence-electron chi connectivity index (χ3n) is 3.79. The number of nitrogens with zero attached hydrogens (tertiary/aromatic N) is 2. The van der Waals surface area contributed by atoms with Gasteiger partial charge in [0.05, 0.1) is 19.0 Å². The summed E-state index contributed by atoms with van der Waals surface area (Å²) in [6, 6.07) is 16.0. The van der Waals surface area contributed by atoms with E-state index in [4.69, 9.17) is 16.3 Å². The number of carbonyl (C=O) groups excluding carboxylic acids is 1. The van der Waals surface area contributed by atoms with Gasteiger partial charge in [-0.25, -0.2) is 0 Å². The normalized spacial score (nSPS) is 10.9. The molecular weight excluding hydrogens is 364 g/mol. The van der Waals surface area contributed by atoms with Crippen molar-refractivity contribution < 1.29 is 9.53 Å². The second kappa shape index (κ2) is 8.21. The lowest BCUT2D eigenvalue weighted by Crippen LogP contribution is -2.13. The fourth-order valence-corrected chi connectivity index (χ4v) is 2.58. The maximum Gasteiger partial charge on any atom is 0.266 e. The van der Waals surface area contributed by atoms with E-state index in [9.17, 15) is 10.1 Å². The average molecular weight is 379 g/mol. The van der Waals surface area contributed by atoms with Gasteiger partial charge in [0.1, 0.15) is 17.4 Å². The molecule has 3 aromatic rings. The molecule has 0 spiro atoms. The minimum atomic E-state index is -0.519. The van der Waals surface area contributed by atoms with Crippen LogP contribution in [0.2, 0.25) is 5.02 Å². The van der Waals surface area contributed by atoms with Gasteiger partial charge in [-0.3, -0.25) is 9.89 Å². The van der Waals surface area contributed by atoms with Gasteiger partial charge >= 0.3 is 0 Å². The standard InChI is InChI=1S/C20H15ClN4O2/c1-27-18-4-2-3-17(10-18)24-20(26)14(11-22)9-15-12-23-25-19(15)13-5-7-16(21)8-6-13/h2-10,12H,1H3,(H,23,25)(H,24,26)/b14-9+. The largest absolute Gasteiger partial charge is 0.497 e. The molecule has 0 unspecified atom stereocenters. The number of anilines is 1. The first kappa shape index (κ1) is 18.2. The van der Waals surface area contributed by atoms with E-state index in [1.807, 2.05) is 18.2 Å². The summed E-state index contributed by atoms with van der Waals surface area (Å²) in [6.07, 6.45) is 3.04. The van der Waals surface area contributed by atoms with Crippen LogP contribution in [0.3, 0.4) is 0 Å². The van der Waals surface area contributed by atoms with Crippen molar-refractivity contribution in [3.63, 3.8) is 0 Å². The predicted octanol–water partition coefficient (Wildman–Crippen LogP) is 4.28. The number of nitriles is 1. The van der Waals surface area contributed by atoms with Crippen LogP contribution < -0.4 is 10.1 Å². The first-order valence-corrected chi connectivity index (χ1v) is 8.35. The molecular formula is C20H15ClN4O2. The number of benzene rings is 2. The number of methoxy groups -OCH3 is 1. The summed E-state index contributed by atoms with van der Waals surface area (Å²) in [7, 11) is 1.54. The van der Waals surface area contributed by atoms with Gasteiger partial charge in [0.2, 0.25) is 0 Å². The van der Waals surface area contributed by atoms with Crippen LogP contribution >= 0.6 is 11.6 Å². The molecule has 0 saturated heterocycles. The van der Waals surface area contributed by atoms with Crippen molar-refractivity contribution in [2.45, 2.75) is 0 Å². The molecule has 0 aliphatic rings. The Kier molecular flexibility index (Phi) is 5.55. The molecule has 0 saturated carbocycles. The maximum atomic E-state index is 12.5. The Morgan fingerprint density at radius 3 is 2.78 bits per heavy atom. The molecule has 7 heteroatoms.